The molecular formula is C26H26N4O3. The summed E-state index contributed by atoms with van der Waals surface area (Å²) in [5, 5.41) is 15.5. The molecular weight excluding hydrogens is 416 g/mol. The molecule has 3 N–H and O–H groups in total. The van der Waals surface area contributed by atoms with Crippen molar-refractivity contribution in [1.82, 2.24) is 10.3 Å². The van der Waals surface area contributed by atoms with Crippen molar-refractivity contribution in [1.29, 1.82) is 0 Å². The van der Waals surface area contributed by atoms with Crippen LogP contribution in [-0.2, 0) is 9.53 Å². The second-order valence-electron chi connectivity index (χ2n) is 9.56. The maximum Gasteiger partial charge on any atom is 0.335 e. The molecule has 8 bridgehead atoms. The summed E-state index contributed by atoms with van der Waals surface area (Å²) in [6.45, 7) is 5.21. The molecule has 0 aliphatic carbocycles. The third kappa shape index (κ3) is 4.25. The van der Waals surface area contributed by atoms with Gasteiger partial charge < -0.3 is 14.8 Å². The van der Waals surface area contributed by atoms with Crippen molar-refractivity contribution in [3.05, 3.63) is 82.8 Å². The number of hydrogen-bond acceptors (Lipinski definition) is 6. The third-order valence-corrected chi connectivity index (χ3v) is 5.57. The standard InChI is InChI=1S/C26H26N4O3/c1-24(2,3)33-23(32)26-11-10-25(16-31,30-26)14-21-8-6-19(28-21)12-17-4-5-18(27-17)13-20-7-9-22(15-26)29-20/h4-15,27,30-31H,16H2,1-3H3. The van der Waals surface area contributed by atoms with Gasteiger partial charge in [-0.2, -0.15) is 0 Å². The monoisotopic (exact) mass is 442 g/mol. The van der Waals surface area contributed by atoms with Crippen molar-refractivity contribution in [2.75, 3.05) is 6.61 Å². The number of ether oxygens (including phenoxy) is 1. The zero-order chi connectivity index (χ0) is 23.3. The van der Waals surface area contributed by atoms with Crippen LogP contribution in [0.15, 0.2) is 82.1 Å². The summed E-state index contributed by atoms with van der Waals surface area (Å²) in [4.78, 5) is 26.1. The highest BCUT2D eigenvalue weighted by Gasteiger charge is 2.48. The maximum absolute atomic E-state index is 13.4. The quantitative estimate of drug-likeness (QED) is 0.476. The Morgan fingerprint density at radius 2 is 1.58 bits per heavy atom. The van der Waals surface area contributed by atoms with Gasteiger partial charge in [0.2, 0.25) is 0 Å². The Morgan fingerprint density at radius 3 is 2.15 bits per heavy atom. The number of aliphatic imine (C=N–C) groups is 2. The van der Waals surface area contributed by atoms with Crippen LogP contribution in [-0.4, -0.2) is 50.8 Å². The van der Waals surface area contributed by atoms with E-state index in [9.17, 15) is 9.90 Å². The van der Waals surface area contributed by atoms with Gasteiger partial charge in [-0.05, 0) is 81.5 Å². The second kappa shape index (κ2) is 7.50. The predicted octanol–water partition coefficient (Wildman–Crippen LogP) is 1.35. The molecule has 2 unspecified atom stereocenters. The number of nitrogens with one attached hydrogen (secondary N) is 2. The highest BCUT2D eigenvalue weighted by Crippen LogP contribution is 2.32. The summed E-state index contributed by atoms with van der Waals surface area (Å²) in [7, 11) is 0. The highest BCUT2D eigenvalue weighted by atomic mass is 16.6. The molecule has 168 valence electrons. The van der Waals surface area contributed by atoms with Crippen LogP contribution in [0.5, 0.6) is 0 Å². The number of H-pyrrole nitrogens is 1. The molecule has 0 spiro atoms. The summed E-state index contributed by atoms with van der Waals surface area (Å²) in [5.74, 6) is -0.469. The minimum atomic E-state index is -1.30. The van der Waals surface area contributed by atoms with Crippen LogP contribution in [0.2, 0.25) is 0 Å². The highest BCUT2D eigenvalue weighted by molar-refractivity contribution is 6.20. The molecule has 0 saturated heterocycles. The number of carbonyl (C=O) groups excluding carboxylic acids is 1. The Hall–Kier alpha value is -3.55. The first-order valence-electron chi connectivity index (χ1n) is 10.9. The molecule has 1 aromatic heterocycles. The Kier molecular flexibility index (Phi) is 4.84. The Bertz CT molecular complexity index is 1360. The minimum absolute atomic E-state index is 0.263. The van der Waals surface area contributed by atoms with Gasteiger partial charge in [0.05, 0.1) is 35.0 Å². The van der Waals surface area contributed by atoms with Crippen LogP contribution in [0.3, 0.4) is 0 Å². The number of fused-ring (bicyclic) bond motifs is 6. The van der Waals surface area contributed by atoms with Gasteiger partial charge in [-0.25, -0.2) is 14.8 Å². The number of aliphatic hydroxyl groups is 1. The summed E-state index contributed by atoms with van der Waals surface area (Å²) in [6, 6.07) is 3.96. The maximum atomic E-state index is 13.4. The van der Waals surface area contributed by atoms with Crippen LogP contribution in [0.1, 0.15) is 20.8 Å². The molecule has 5 rings (SSSR count). The lowest BCUT2D eigenvalue weighted by molar-refractivity contribution is -0.159. The smallest absolute Gasteiger partial charge is 0.335 e. The molecule has 0 radical (unpaired) electrons. The van der Waals surface area contributed by atoms with E-state index in [1.807, 2.05) is 75.4 Å². The summed E-state index contributed by atoms with van der Waals surface area (Å²) in [5.41, 5.74) is -0.121. The van der Waals surface area contributed by atoms with E-state index in [1.165, 1.54) is 0 Å². The first-order valence-corrected chi connectivity index (χ1v) is 10.9. The van der Waals surface area contributed by atoms with E-state index in [2.05, 4.69) is 20.3 Å². The summed E-state index contributed by atoms with van der Waals surface area (Å²) < 4.78 is 5.75. The number of hydrogen-bond donors (Lipinski definition) is 3. The van der Waals surface area contributed by atoms with E-state index in [-0.39, 0.29) is 6.61 Å². The lowest BCUT2D eigenvalue weighted by Gasteiger charge is -2.33. The Balaban J connectivity index is 1.68. The van der Waals surface area contributed by atoms with Crippen molar-refractivity contribution in [2.24, 2.45) is 9.98 Å². The lowest BCUT2D eigenvalue weighted by Crippen LogP contribution is -2.57. The number of aliphatic hydroxyl groups excluding tert-OH is 1. The zero-order valence-corrected chi connectivity index (χ0v) is 18.8. The molecule has 0 aromatic carbocycles. The van der Waals surface area contributed by atoms with Crippen molar-refractivity contribution in [2.45, 2.75) is 37.5 Å². The lowest BCUT2D eigenvalue weighted by atomic mass is 9.98. The zero-order valence-electron chi connectivity index (χ0n) is 18.8. The van der Waals surface area contributed by atoms with Gasteiger partial charge >= 0.3 is 5.97 Å². The molecule has 33 heavy (non-hydrogen) atoms. The van der Waals surface area contributed by atoms with Crippen molar-refractivity contribution in [3.8, 4) is 0 Å². The van der Waals surface area contributed by atoms with Crippen LogP contribution < -0.4 is 16.0 Å². The van der Waals surface area contributed by atoms with Crippen LogP contribution in [0, 0.1) is 0 Å². The largest absolute Gasteiger partial charge is 0.458 e. The van der Waals surface area contributed by atoms with Gasteiger partial charge in [0.25, 0.3) is 0 Å². The Morgan fingerprint density at radius 1 is 0.970 bits per heavy atom. The molecule has 0 saturated carbocycles. The molecule has 0 amide bonds. The van der Waals surface area contributed by atoms with E-state index >= 15 is 0 Å². The van der Waals surface area contributed by atoms with Gasteiger partial charge in [-0.1, -0.05) is 12.2 Å². The molecule has 0 fully saturated rings. The number of carbonyl (C=O) groups is 1. The molecule has 1 aromatic rings. The molecule has 7 heteroatoms. The van der Waals surface area contributed by atoms with Crippen LogP contribution in [0.25, 0.3) is 12.2 Å². The topological polar surface area (TPSA) is 99.1 Å². The number of aromatic nitrogens is 1. The van der Waals surface area contributed by atoms with E-state index in [4.69, 9.17) is 4.74 Å². The van der Waals surface area contributed by atoms with E-state index in [0.29, 0.717) is 11.4 Å². The van der Waals surface area contributed by atoms with Crippen molar-refractivity contribution >= 4 is 29.5 Å². The van der Waals surface area contributed by atoms with Crippen LogP contribution in [0.4, 0.5) is 0 Å². The van der Waals surface area contributed by atoms with E-state index in [0.717, 1.165) is 22.1 Å². The minimum Gasteiger partial charge on any atom is -0.458 e. The average molecular weight is 443 g/mol. The molecule has 2 atom stereocenters. The second-order valence-corrected chi connectivity index (χ2v) is 9.56. The summed E-state index contributed by atoms with van der Waals surface area (Å²) in [6.07, 6.45) is 18.5. The first kappa shape index (κ1) is 21.3. The van der Waals surface area contributed by atoms with Crippen molar-refractivity contribution in [3.63, 3.8) is 0 Å². The fourth-order valence-corrected chi connectivity index (χ4v) is 4.12. The van der Waals surface area contributed by atoms with Gasteiger partial charge in [0.15, 0.2) is 5.54 Å². The number of allylic oxidation sites excluding steroid dienone is 4. The van der Waals surface area contributed by atoms with Gasteiger partial charge in [-0.15, -0.1) is 0 Å². The summed E-state index contributed by atoms with van der Waals surface area (Å²) >= 11 is 0. The molecule has 5 heterocycles. The van der Waals surface area contributed by atoms with Gasteiger partial charge in [0, 0.05) is 10.7 Å². The number of nitrogens with zero attached hydrogens (tertiary/aromatic N) is 2. The SMILES string of the molecule is CC(C)(C)OC(=O)C12C=CC(CO)(C=C3C=CC(=N3)C=c3ccc([nH]3)=CC3=NC(=C1)C=C3)N2. The number of aromatic amines is 1. The number of esters is 1. The van der Waals surface area contributed by atoms with Crippen LogP contribution >= 0.6 is 0 Å². The van der Waals surface area contributed by atoms with Gasteiger partial charge in [-0.3, -0.25) is 5.32 Å². The Labute approximate surface area is 191 Å². The fraction of sp³-hybridized carbons (Fsp3) is 0.269. The molecule has 4 aliphatic rings. The predicted molar refractivity (Wildman–Crippen MR) is 129 cm³/mol. The first-order chi connectivity index (χ1) is 15.7. The van der Waals surface area contributed by atoms with E-state index < -0.39 is 22.6 Å². The average Bonchev–Trinajstić information content (AvgIpc) is 3.51. The van der Waals surface area contributed by atoms with Gasteiger partial charge in [0.1, 0.15) is 5.60 Å². The third-order valence-electron chi connectivity index (χ3n) is 5.57. The fourth-order valence-electron chi connectivity index (χ4n) is 4.12. The number of rotatable bonds is 2. The molecule has 4 aliphatic heterocycles. The van der Waals surface area contributed by atoms with E-state index in [1.54, 1.807) is 18.2 Å². The molecule has 7 nitrogen and oxygen atoms in total. The van der Waals surface area contributed by atoms with Crippen molar-refractivity contribution < 1.29 is 14.6 Å². The normalized spacial score (nSPS) is 27.4.